The highest BCUT2D eigenvalue weighted by Gasteiger charge is 2.17. The number of hydrogen-bond donors (Lipinski definition) is 0. The minimum Gasteiger partial charge on any atom is -0.497 e. The maximum Gasteiger partial charge on any atom is 0.145 e. The fraction of sp³-hybridized carbons (Fsp3) is 0.0952. The van der Waals surface area contributed by atoms with Crippen LogP contribution in [0.3, 0.4) is 0 Å². The maximum atomic E-state index is 5.46. The van der Waals surface area contributed by atoms with Gasteiger partial charge in [-0.1, -0.05) is 48.0 Å². The van der Waals surface area contributed by atoms with Crippen LogP contribution in [0.4, 0.5) is 0 Å². The third-order valence-electron chi connectivity index (χ3n) is 4.25. The lowest BCUT2D eigenvalue weighted by atomic mass is 10.2. The van der Waals surface area contributed by atoms with Crippen molar-refractivity contribution in [3.8, 4) is 22.8 Å². The molecule has 0 fully saturated rings. The summed E-state index contributed by atoms with van der Waals surface area (Å²) in [7, 11) is 1.68. The third kappa shape index (κ3) is 2.83. The summed E-state index contributed by atoms with van der Waals surface area (Å²) in [5.41, 5.74) is 5.31. The molecule has 0 unspecified atom stereocenters. The number of benzene rings is 3. The fourth-order valence-corrected chi connectivity index (χ4v) is 3.48. The molecule has 0 spiro atoms. The molecule has 0 bridgehead atoms. The molecule has 3 aromatic carbocycles. The predicted molar refractivity (Wildman–Crippen MR) is 105 cm³/mol. The molecular formula is C21H17BrN2O. The number of fused-ring (bicyclic) bond motifs is 1. The molecule has 0 aliphatic carbocycles. The van der Waals surface area contributed by atoms with Crippen molar-refractivity contribution in [3.63, 3.8) is 0 Å². The molecule has 0 atom stereocenters. The van der Waals surface area contributed by atoms with Crippen molar-refractivity contribution in [2.24, 2.45) is 0 Å². The van der Waals surface area contributed by atoms with Gasteiger partial charge < -0.3 is 4.74 Å². The number of aromatic nitrogens is 2. The van der Waals surface area contributed by atoms with Gasteiger partial charge in [-0.3, -0.25) is 4.57 Å². The number of imidazole rings is 1. The van der Waals surface area contributed by atoms with E-state index >= 15 is 0 Å². The monoisotopic (exact) mass is 392 g/mol. The SMILES string of the molecule is COc1cc(Br)c2nc(-c3ccccc3)n(-c3ccc(C)cc3)c2c1. The molecule has 4 rings (SSSR count). The standard InChI is InChI=1S/C21H17BrN2O/c1-14-8-10-16(11-9-14)24-19-13-17(25-2)12-18(22)20(19)23-21(24)15-6-4-3-5-7-15/h3-13H,1-2H3. The van der Waals surface area contributed by atoms with E-state index in [1.54, 1.807) is 7.11 Å². The van der Waals surface area contributed by atoms with Crippen LogP contribution >= 0.6 is 15.9 Å². The molecule has 0 radical (unpaired) electrons. The molecule has 124 valence electrons. The molecular weight excluding hydrogens is 376 g/mol. The average molecular weight is 393 g/mol. The lowest BCUT2D eigenvalue weighted by Gasteiger charge is -2.10. The Kier molecular flexibility index (Phi) is 4.06. The van der Waals surface area contributed by atoms with Gasteiger partial charge in [0.1, 0.15) is 17.1 Å². The molecule has 0 aliphatic heterocycles. The number of nitrogens with zero attached hydrogens (tertiary/aromatic N) is 2. The minimum absolute atomic E-state index is 0.798. The Hall–Kier alpha value is -2.59. The first-order valence-corrected chi connectivity index (χ1v) is 8.85. The first-order chi connectivity index (χ1) is 12.2. The van der Waals surface area contributed by atoms with Crippen LogP contribution in [-0.2, 0) is 0 Å². The Balaban J connectivity index is 2.08. The number of halogens is 1. The first kappa shape index (κ1) is 15.9. The number of hydrogen-bond acceptors (Lipinski definition) is 2. The molecule has 0 aliphatic rings. The smallest absolute Gasteiger partial charge is 0.145 e. The Bertz CT molecular complexity index is 1040. The zero-order valence-electron chi connectivity index (χ0n) is 14.0. The Labute approximate surface area is 155 Å². The van der Waals surface area contributed by atoms with Crippen LogP contribution < -0.4 is 4.74 Å². The van der Waals surface area contributed by atoms with Gasteiger partial charge in [0.15, 0.2) is 0 Å². The summed E-state index contributed by atoms with van der Waals surface area (Å²) < 4.78 is 8.56. The summed E-state index contributed by atoms with van der Waals surface area (Å²) in [4.78, 5) is 4.92. The van der Waals surface area contributed by atoms with Gasteiger partial charge in [-0.2, -0.15) is 0 Å². The van der Waals surface area contributed by atoms with Crippen molar-refractivity contribution in [3.05, 3.63) is 76.8 Å². The van der Waals surface area contributed by atoms with Gasteiger partial charge >= 0.3 is 0 Å². The van der Waals surface area contributed by atoms with Crippen molar-refractivity contribution in [1.82, 2.24) is 9.55 Å². The van der Waals surface area contributed by atoms with E-state index in [0.717, 1.165) is 38.3 Å². The highest BCUT2D eigenvalue weighted by atomic mass is 79.9. The summed E-state index contributed by atoms with van der Waals surface area (Å²) in [5.74, 6) is 1.71. The van der Waals surface area contributed by atoms with Crippen molar-refractivity contribution in [1.29, 1.82) is 0 Å². The van der Waals surface area contributed by atoms with Crippen molar-refractivity contribution in [2.45, 2.75) is 6.92 Å². The van der Waals surface area contributed by atoms with Crippen LogP contribution in [0.2, 0.25) is 0 Å². The van der Waals surface area contributed by atoms with Gasteiger partial charge in [-0.25, -0.2) is 4.98 Å². The molecule has 4 heteroatoms. The summed E-state index contributed by atoms with van der Waals surface area (Å²) in [6.07, 6.45) is 0. The second-order valence-corrected chi connectivity index (χ2v) is 6.80. The van der Waals surface area contributed by atoms with Crippen LogP contribution in [0, 0.1) is 6.92 Å². The van der Waals surface area contributed by atoms with Gasteiger partial charge in [0.25, 0.3) is 0 Å². The van der Waals surface area contributed by atoms with E-state index in [1.165, 1.54) is 5.56 Å². The molecule has 0 saturated heterocycles. The number of methoxy groups -OCH3 is 1. The zero-order valence-corrected chi connectivity index (χ0v) is 15.6. The largest absolute Gasteiger partial charge is 0.497 e. The quantitative estimate of drug-likeness (QED) is 0.442. The second kappa shape index (κ2) is 6.37. The molecule has 25 heavy (non-hydrogen) atoms. The van der Waals surface area contributed by atoms with E-state index in [-0.39, 0.29) is 0 Å². The maximum absolute atomic E-state index is 5.46. The molecule has 3 nitrogen and oxygen atoms in total. The fourth-order valence-electron chi connectivity index (χ4n) is 2.97. The van der Waals surface area contributed by atoms with Crippen molar-refractivity contribution < 1.29 is 4.74 Å². The number of rotatable bonds is 3. The molecule has 0 amide bonds. The Morgan fingerprint density at radius 2 is 1.68 bits per heavy atom. The second-order valence-electron chi connectivity index (χ2n) is 5.95. The molecule has 4 aromatic rings. The average Bonchev–Trinajstić information content (AvgIpc) is 3.03. The van der Waals surface area contributed by atoms with E-state index in [2.05, 4.69) is 63.8 Å². The highest BCUT2D eigenvalue weighted by molar-refractivity contribution is 9.10. The Morgan fingerprint density at radius 3 is 2.36 bits per heavy atom. The van der Waals surface area contributed by atoms with Crippen LogP contribution in [0.1, 0.15) is 5.56 Å². The summed E-state index contributed by atoms with van der Waals surface area (Å²) >= 11 is 3.64. The van der Waals surface area contributed by atoms with Gasteiger partial charge in [0.05, 0.1) is 12.6 Å². The molecule has 1 aromatic heterocycles. The van der Waals surface area contributed by atoms with Crippen molar-refractivity contribution in [2.75, 3.05) is 7.11 Å². The van der Waals surface area contributed by atoms with Crippen LogP contribution in [-0.4, -0.2) is 16.7 Å². The number of aryl methyl sites for hydroxylation is 1. The lowest BCUT2D eigenvalue weighted by Crippen LogP contribution is -1.97. The van der Waals surface area contributed by atoms with Crippen LogP contribution in [0.25, 0.3) is 28.1 Å². The summed E-state index contributed by atoms with van der Waals surface area (Å²) in [5, 5.41) is 0. The van der Waals surface area contributed by atoms with Gasteiger partial charge in [0, 0.05) is 21.8 Å². The van der Waals surface area contributed by atoms with Gasteiger partial charge in [-0.15, -0.1) is 0 Å². The lowest BCUT2D eigenvalue weighted by molar-refractivity contribution is 0.415. The topological polar surface area (TPSA) is 27.1 Å². The van der Waals surface area contributed by atoms with Crippen LogP contribution in [0.5, 0.6) is 5.75 Å². The molecule has 0 N–H and O–H groups in total. The third-order valence-corrected chi connectivity index (χ3v) is 4.85. The zero-order chi connectivity index (χ0) is 17.4. The Morgan fingerprint density at radius 1 is 0.960 bits per heavy atom. The van der Waals surface area contributed by atoms with Gasteiger partial charge in [0.2, 0.25) is 0 Å². The van der Waals surface area contributed by atoms with E-state index < -0.39 is 0 Å². The predicted octanol–water partition coefficient (Wildman–Crippen LogP) is 5.77. The summed E-state index contributed by atoms with van der Waals surface area (Å²) in [6, 6.07) is 22.7. The van der Waals surface area contributed by atoms with E-state index in [0.29, 0.717) is 0 Å². The highest BCUT2D eigenvalue weighted by Crippen LogP contribution is 2.35. The number of ether oxygens (including phenoxy) is 1. The van der Waals surface area contributed by atoms with Gasteiger partial charge in [-0.05, 0) is 41.1 Å². The molecule has 0 saturated carbocycles. The molecule has 1 heterocycles. The van der Waals surface area contributed by atoms with E-state index in [4.69, 9.17) is 9.72 Å². The van der Waals surface area contributed by atoms with Crippen LogP contribution in [0.15, 0.2) is 71.2 Å². The first-order valence-electron chi connectivity index (χ1n) is 8.06. The summed E-state index contributed by atoms with van der Waals surface area (Å²) in [6.45, 7) is 2.09. The van der Waals surface area contributed by atoms with Crippen molar-refractivity contribution >= 4 is 27.0 Å². The van der Waals surface area contributed by atoms with E-state index in [1.807, 2.05) is 30.3 Å². The minimum atomic E-state index is 0.798. The normalized spacial score (nSPS) is 11.0. The van der Waals surface area contributed by atoms with E-state index in [9.17, 15) is 0 Å².